The average Bonchev–Trinajstić information content (AvgIpc) is 2.52. The molecule has 0 radical (unpaired) electrons. The molecule has 2 aliphatic heterocycles. The quantitative estimate of drug-likeness (QED) is 0.546. The molecule has 0 N–H and O–H groups in total. The van der Waals surface area contributed by atoms with Crippen molar-refractivity contribution in [3.8, 4) is 0 Å². The van der Waals surface area contributed by atoms with E-state index < -0.39 is 0 Å². The summed E-state index contributed by atoms with van der Waals surface area (Å²) >= 11 is 0. The number of rotatable bonds is 10. The van der Waals surface area contributed by atoms with Gasteiger partial charge < -0.3 is 9.80 Å². The Morgan fingerprint density at radius 1 is 1.00 bits per heavy atom. The summed E-state index contributed by atoms with van der Waals surface area (Å²) in [7, 11) is 0. The molecule has 2 rings (SSSR count). The molecule has 2 aliphatic rings. The third kappa shape index (κ3) is 6.38. The number of nitrogens with zero attached hydrogens (tertiary/aromatic N) is 2. The summed E-state index contributed by atoms with van der Waals surface area (Å²) in [4.78, 5) is 16.8. The van der Waals surface area contributed by atoms with Gasteiger partial charge in [-0.3, -0.25) is 4.79 Å². The van der Waals surface area contributed by atoms with E-state index in [-0.39, 0.29) is 0 Å². The summed E-state index contributed by atoms with van der Waals surface area (Å²) in [5.74, 6) is 2.85. The fourth-order valence-corrected chi connectivity index (χ4v) is 4.06. The molecule has 24 heavy (non-hydrogen) atoms. The Hall–Kier alpha value is -0.570. The summed E-state index contributed by atoms with van der Waals surface area (Å²) in [5, 5.41) is 0. The molecular weight excluding hydrogens is 296 g/mol. The van der Waals surface area contributed by atoms with E-state index in [2.05, 4.69) is 30.6 Å². The first-order valence-electron chi connectivity index (χ1n) is 10.6. The molecule has 0 spiro atoms. The Bertz CT molecular complexity index is 355. The van der Waals surface area contributed by atoms with E-state index in [9.17, 15) is 4.79 Å². The zero-order chi connectivity index (χ0) is 17.4. The number of unbranched alkanes of at least 4 members (excludes halogenated alkanes) is 4. The molecule has 0 aromatic carbocycles. The van der Waals surface area contributed by atoms with Crippen LogP contribution in [0.2, 0.25) is 0 Å². The van der Waals surface area contributed by atoms with Gasteiger partial charge in [0.15, 0.2) is 0 Å². The van der Waals surface area contributed by atoms with E-state index in [1.54, 1.807) is 0 Å². The van der Waals surface area contributed by atoms with Crippen LogP contribution in [-0.2, 0) is 4.79 Å². The molecule has 0 atom stereocenters. The number of carbonyl (C=O) groups excluding carboxylic acids is 1. The van der Waals surface area contributed by atoms with Crippen LogP contribution in [0.4, 0.5) is 0 Å². The lowest BCUT2D eigenvalue weighted by atomic mass is 9.88. The van der Waals surface area contributed by atoms with Gasteiger partial charge in [-0.25, -0.2) is 0 Å². The molecule has 0 saturated carbocycles. The van der Waals surface area contributed by atoms with Crippen LogP contribution >= 0.6 is 0 Å². The molecular formula is C21H40N2O. The Kier molecular flexibility index (Phi) is 8.58. The minimum atomic E-state index is 0.394. The minimum Gasteiger partial charge on any atom is -0.342 e. The van der Waals surface area contributed by atoms with Crippen molar-refractivity contribution >= 4 is 5.91 Å². The fraction of sp³-hybridized carbons (Fsp3) is 0.952. The first kappa shape index (κ1) is 19.8. The Balaban J connectivity index is 1.39. The predicted molar refractivity (Wildman–Crippen MR) is 102 cm³/mol. The van der Waals surface area contributed by atoms with Crippen molar-refractivity contribution in [2.45, 2.75) is 78.6 Å². The van der Waals surface area contributed by atoms with Gasteiger partial charge in [0.2, 0.25) is 5.91 Å². The molecule has 3 nitrogen and oxygen atoms in total. The van der Waals surface area contributed by atoms with Crippen molar-refractivity contribution in [3.63, 3.8) is 0 Å². The Labute approximate surface area is 150 Å². The van der Waals surface area contributed by atoms with Crippen LogP contribution in [0.1, 0.15) is 78.6 Å². The largest absolute Gasteiger partial charge is 0.342 e. The molecule has 0 aromatic rings. The number of piperidine rings is 1. The smallest absolute Gasteiger partial charge is 0.222 e. The molecule has 3 heteroatoms. The summed E-state index contributed by atoms with van der Waals surface area (Å²) in [6.45, 7) is 12.8. The Morgan fingerprint density at radius 3 is 2.25 bits per heavy atom. The number of likely N-dealkylation sites (tertiary alicyclic amines) is 2. The van der Waals surface area contributed by atoms with Gasteiger partial charge in [-0.1, -0.05) is 46.5 Å². The topological polar surface area (TPSA) is 23.6 Å². The zero-order valence-corrected chi connectivity index (χ0v) is 16.4. The van der Waals surface area contributed by atoms with E-state index in [0.717, 1.165) is 43.7 Å². The average molecular weight is 337 g/mol. The zero-order valence-electron chi connectivity index (χ0n) is 16.4. The summed E-state index contributed by atoms with van der Waals surface area (Å²) in [5.41, 5.74) is 0. The normalized spacial score (nSPS) is 20.6. The van der Waals surface area contributed by atoms with E-state index in [1.807, 2.05) is 0 Å². The van der Waals surface area contributed by atoms with Gasteiger partial charge in [0, 0.05) is 19.5 Å². The summed E-state index contributed by atoms with van der Waals surface area (Å²) in [6.07, 6.45) is 11.2. The summed E-state index contributed by atoms with van der Waals surface area (Å²) < 4.78 is 0. The van der Waals surface area contributed by atoms with Crippen molar-refractivity contribution in [1.29, 1.82) is 0 Å². The monoisotopic (exact) mass is 336 g/mol. The first-order chi connectivity index (χ1) is 11.6. The highest BCUT2D eigenvalue weighted by Crippen LogP contribution is 2.24. The van der Waals surface area contributed by atoms with E-state index >= 15 is 0 Å². The highest BCUT2D eigenvalue weighted by atomic mass is 16.2. The molecule has 0 bridgehead atoms. The van der Waals surface area contributed by atoms with Gasteiger partial charge in [-0.05, 0) is 63.1 Å². The SMILES string of the molecule is CCC1CCN(CCCCCCCC(=O)N2CC(C(C)C)C2)CC1. The predicted octanol–water partition coefficient (Wildman–Crippen LogP) is 4.56. The molecule has 0 aliphatic carbocycles. The molecule has 2 saturated heterocycles. The lowest BCUT2D eigenvalue weighted by Crippen LogP contribution is -2.51. The number of hydrogen-bond donors (Lipinski definition) is 0. The van der Waals surface area contributed by atoms with Crippen LogP contribution < -0.4 is 0 Å². The van der Waals surface area contributed by atoms with Gasteiger partial charge in [0.05, 0.1) is 0 Å². The van der Waals surface area contributed by atoms with E-state index in [4.69, 9.17) is 0 Å². The van der Waals surface area contributed by atoms with Crippen LogP contribution in [0.3, 0.4) is 0 Å². The molecule has 0 aromatic heterocycles. The third-order valence-electron chi connectivity index (χ3n) is 6.35. The maximum Gasteiger partial charge on any atom is 0.222 e. The lowest BCUT2D eigenvalue weighted by molar-refractivity contribution is -0.138. The van der Waals surface area contributed by atoms with Crippen LogP contribution in [0, 0.1) is 17.8 Å². The molecule has 0 unspecified atom stereocenters. The summed E-state index contributed by atoms with van der Waals surface area (Å²) in [6, 6.07) is 0. The second-order valence-corrected chi connectivity index (χ2v) is 8.51. The molecule has 2 fully saturated rings. The van der Waals surface area contributed by atoms with Crippen molar-refractivity contribution < 1.29 is 4.79 Å². The molecule has 2 heterocycles. The first-order valence-corrected chi connectivity index (χ1v) is 10.6. The lowest BCUT2D eigenvalue weighted by Gasteiger charge is -2.41. The number of amides is 1. The standard InChI is InChI=1S/C21H40N2O/c1-4-19-11-14-22(15-12-19)13-9-7-5-6-8-10-21(24)23-16-20(17-23)18(2)3/h18-20H,4-17H2,1-3H3. The second-order valence-electron chi connectivity index (χ2n) is 8.51. The van der Waals surface area contributed by atoms with Crippen LogP contribution in [0.5, 0.6) is 0 Å². The highest BCUT2D eigenvalue weighted by Gasteiger charge is 2.31. The Morgan fingerprint density at radius 2 is 1.62 bits per heavy atom. The van der Waals surface area contributed by atoms with Crippen LogP contribution in [0.25, 0.3) is 0 Å². The molecule has 1 amide bonds. The van der Waals surface area contributed by atoms with Gasteiger partial charge in [-0.15, -0.1) is 0 Å². The van der Waals surface area contributed by atoms with E-state index in [1.165, 1.54) is 64.6 Å². The van der Waals surface area contributed by atoms with Crippen LogP contribution in [0.15, 0.2) is 0 Å². The fourth-order valence-electron chi connectivity index (χ4n) is 4.06. The number of hydrogen-bond acceptors (Lipinski definition) is 2. The van der Waals surface area contributed by atoms with Gasteiger partial charge >= 0.3 is 0 Å². The van der Waals surface area contributed by atoms with Crippen molar-refractivity contribution in [2.24, 2.45) is 17.8 Å². The molecule has 140 valence electrons. The third-order valence-corrected chi connectivity index (χ3v) is 6.35. The van der Waals surface area contributed by atoms with Crippen molar-refractivity contribution in [2.75, 3.05) is 32.7 Å². The van der Waals surface area contributed by atoms with Gasteiger partial charge in [-0.2, -0.15) is 0 Å². The van der Waals surface area contributed by atoms with E-state index in [0.29, 0.717) is 5.91 Å². The minimum absolute atomic E-state index is 0.394. The van der Waals surface area contributed by atoms with Crippen molar-refractivity contribution in [1.82, 2.24) is 9.80 Å². The van der Waals surface area contributed by atoms with Gasteiger partial charge in [0.25, 0.3) is 0 Å². The van der Waals surface area contributed by atoms with Crippen LogP contribution in [-0.4, -0.2) is 48.4 Å². The highest BCUT2D eigenvalue weighted by molar-refractivity contribution is 5.76. The maximum absolute atomic E-state index is 12.1. The number of carbonyl (C=O) groups is 1. The second kappa shape index (κ2) is 10.4. The maximum atomic E-state index is 12.1. The van der Waals surface area contributed by atoms with Crippen molar-refractivity contribution in [3.05, 3.63) is 0 Å². The van der Waals surface area contributed by atoms with Gasteiger partial charge in [0.1, 0.15) is 0 Å².